The Bertz CT molecular complexity index is 1230. The number of likely N-dealkylation sites (tertiary alicyclic amines) is 2. The number of esters is 2. The predicted octanol–water partition coefficient (Wildman–Crippen LogP) is 7.18. The Labute approximate surface area is 286 Å². The van der Waals surface area contributed by atoms with Crippen molar-refractivity contribution in [3.8, 4) is 0 Å². The second kappa shape index (κ2) is 17.4. The van der Waals surface area contributed by atoms with Crippen molar-refractivity contribution in [2.24, 2.45) is 11.8 Å². The summed E-state index contributed by atoms with van der Waals surface area (Å²) >= 11 is 0. The van der Waals surface area contributed by atoms with Crippen molar-refractivity contribution in [3.05, 3.63) is 71.8 Å². The molecule has 48 heavy (non-hydrogen) atoms. The molecule has 10 nitrogen and oxygen atoms in total. The van der Waals surface area contributed by atoms with Crippen LogP contribution in [0.2, 0.25) is 0 Å². The van der Waals surface area contributed by atoms with E-state index in [1.54, 1.807) is 9.80 Å². The minimum atomic E-state index is -0.530. The van der Waals surface area contributed by atoms with Gasteiger partial charge in [-0.15, -0.1) is 0 Å². The number of benzene rings is 2. The molecule has 10 heteroatoms. The van der Waals surface area contributed by atoms with Crippen LogP contribution in [0.3, 0.4) is 0 Å². The van der Waals surface area contributed by atoms with E-state index in [9.17, 15) is 19.2 Å². The van der Waals surface area contributed by atoms with Gasteiger partial charge in [0, 0.05) is 38.0 Å². The van der Waals surface area contributed by atoms with Gasteiger partial charge in [0.15, 0.2) is 0 Å². The number of carbonyl (C=O) groups excluding carboxylic acids is 4. The molecule has 0 radical (unpaired) electrons. The first-order valence-corrected chi connectivity index (χ1v) is 17.0. The van der Waals surface area contributed by atoms with E-state index in [0.717, 1.165) is 11.1 Å². The van der Waals surface area contributed by atoms with Gasteiger partial charge in [0.05, 0.1) is 25.0 Å². The number of hydrogen-bond acceptors (Lipinski definition) is 8. The van der Waals surface area contributed by atoms with Crippen LogP contribution in [0.25, 0.3) is 0 Å². The highest BCUT2D eigenvalue weighted by atomic mass is 16.6. The summed E-state index contributed by atoms with van der Waals surface area (Å²) in [4.78, 5) is 52.8. The third-order valence-corrected chi connectivity index (χ3v) is 8.16. The van der Waals surface area contributed by atoms with E-state index in [1.165, 1.54) is 0 Å². The molecule has 0 unspecified atom stereocenters. The second-order valence-electron chi connectivity index (χ2n) is 14.2. The molecule has 2 saturated heterocycles. The molecule has 0 spiro atoms. The maximum Gasteiger partial charge on any atom is 0.410 e. The lowest BCUT2D eigenvalue weighted by Gasteiger charge is -2.38. The van der Waals surface area contributed by atoms with E-state index in [1.807, 2.05) is 116 Å². The van der Waals surface area contributed by atoms with Crippen LogP contribution in [0.4, 0.5) is 9.59 Å². The Morgan fingerprint density at radius 3 is 1.23 bits per heavy atom. The molecule has 2 aromatic carbocycles. The molecule has 264 valence electrons. The van der Waals surface area contributed by atoms with Crippen molar-refractivity contribution in [2.45, 2.75) is 91.3 Å². The molecule has 2 aromatic rings. The Morgan fingerprint density at radius 2 is 0.938 bits per heavy atom. The van der Waals surface area contributed by atoms with E-state index in [0.29, 0.717) is 52.2 Å². The molecule has 4 rings (SSSR count). The molecule has 0 N–H and O–H groups in total. The van der Waals surface area contributed by atoms with E-state index < -0.39 is 11.2 Å². The third kappa shape index (κ3) is 11.6. The third-order valence-electron chi connectivity index (χ3n) is 8.16. The van der Waals surface area contributed by atoms with Crippen LogP contribution < -0.4 is 0 Å². The van der Waals surface area contributed by atoms with Crippen LogP contribution in [0.1, 0.15) is 91.2 Å². The first kappa shape index (κ1) is 38.4. The lowest BCUT2D eigenvalue weighted by Crippen LogP contribution is -2.47. The molecule has 0 saturated carbocycles. The van der Waals surface area contributed by atoms with Gasteiger partial charge in [-0.25, -0.2) is 9.59 Å². The summed E-state index contributed by atoms with van der Waals surface area (Å²) in [6.45, 7) is 17.4. The number of rotatable bonds is 6. The molecule has 2 aliphatic rings. The van der Waals surface area contributed by atoms with Gasteiger partial charge >= 0.3 is 24.1 Å². The second-order valence-corrected chi connectivity index (χ2v) is 14.2. The summed E-state index contributed by atoms with van der Waals surface area (Å²) in [7, 11) is 0. The Morgan fingerprint density at radius 1 is 0.604 bits per heavy atom. The molecule has 0 aromatic heterocycles. The van der Waals surface area contributed by atoms with Crippen molar-refractivity contribution >= 4 is 24.1 Å². The largest absolute Gasteiger partial charge is 0.466 e. The minimum absolute atomic E-state index is 0.0773. The zero-order valence-corrected chi connectivity index (χ0v) is 29.9. The maximum absolute atomic E-state index is 12.4. The van der Waals surface area contributed by atoms with E-state index in [-0.39, 0.29) is 47.8 Å². The van der Waals surface area contributed by atoms with Gasteiger partial charge in [0.1, 0.15) is 11.2 Å². The summed E-state index contributed by atoms with van der Waals surface area (Å²) in [5.74, 6) is -0.986. The van der Waals surface area contributed by atoms with Crippen LogP contribution in [-0.4, -0.2) is 84.5 Å². The highest BCUT2D eigenvalue weighted by Crippen LogP contribution is 2.35. The first-order valence-electron chi connectivity index (χ1n) is 17.0. The van der Waals surface area contributed by atoms with Gasteiger partial charge in [0.2, 0.25) is 0 Å². The summed E-state index contributed by atoms with van der Waals surface area (Å²) in [6, 6.07) is 19.7. The van der Waals surface area contributed by atoms with E-state index in [2.05, 4.69) is 0 Å². The van der Waals surface area contributed by atoms with Crippen LogP contribution in [0.5, 0.6) is 0 Å². The van der Waals surface area contributed by atoms with E-state index in [4.69, 9.17) is 18.9 Å². The molecule has 4 atom stereocenters. The SMILES string of the molecule is CCOC(=O)[C@@H]1CCN(C(=O)OC(C)(C)C)C[C@H]1c1ccccc1.CCOC(=O)[C@H]1CCN(C(=O)OC(C)(C)C)C[C@@H]1c1ccccc1. The highest BCUT2D eigenvalue weighted by Gasteiger charge is 2.40. The van der Waals surface area contributed by atoms with Gasteiger partial charge in [-0.3, -0.25) is 9.59 Å². The van der Waals surface area contributed by atoms with Crippen molar-refractivity contribution < 1.29 is 38.1 Å². The topological polar surface area (TPSA) is 112 Å². The quantitative estimate of drug-likeness (QED) is 0.236. The highest BCUT2D eigenvalue weighted by molar-refractivity contribution is 5.76. The molecule has 2 fully saturated rings. The van der Waals surface area contributed by atoms with Gasteiger partial charge in [-0.05, 0) is 79.4 Å². The number of nitrogens with zero attached hydrogens (tertiary/aromatic N) is 2. The number of carbonyl (C=O) groups is 4. The van der Waals surface area contributed by atoms with Gasteiger partial charge < -0.3 is 28.7 Å². The number of amides is 2. The van der Waals surface area contributed by atoms with Crippen LogP contribution in [0, 0.1) is 11.8 Å². The zero-order valence-electron chi connectivity index (χ0n) is 29.9. The summed E-state index contributed by atoms with van der Waals surface area (Å²) in [5, 5.41) is 0. The molecule has 2 heterocycles. The Hall–Kier alpha value is -4.08. The fourth-order valence-corrected chi connectivity index (χ4v) is 6.03. The lowest BCUT2D eigenvalue weighted by molar-refractivity contribution is -0.151. The molecular formula is C38H54N2O8. The van der Waals surface area contributed by atoms with Crippen molar-refractivity contribution in [2.75, 3.05) is 39.4 Å². The first-order chi connectivity index (χ1) is 22.6. The van der Waals surface area contributed by atoms with Crippen molar-refractivity contribution in [3.63, 3.8) is 0 Å². The summed E-state index contributed by atoms with van der Waals surface area (Å²) in [6.07, 6.45) is 0.506. The number of piperidine rings is 2. The van der Waals surface area contributed by atoms with Crippen LogP contribution >= 0.6 is 0 Å². The van der Waals surface area contributed by atoms with Crippen molar-refractivity contribution in [1.82, 2.24) is 9.80 Å². The average molecular weight is 667 g/mol. The normalized spacial score (nSPS) is 21.2. The van der Waals surface area contributed by atoms with Crippen LogP contribution in [-0.2, 0) is 28.5 Å². The Balaban J connectivity index is 0.000000260. The van der Waals surface area contributed by atoms with Gasteiger partial charge in [-0.1, -0.05) is 60.7 Å². The zero-order chi connectivity index (χ0) is 35.5. The fourth-order valence-electron chi connectivity index (χ4n) is 6.03. The summed E-state index contributed by atoms with van der Waals surface area (Å²) in [5.41, 5.74) is 1.03. The molecule has 2 aliphatic heterocycles. The average Bonchev–Trinajstić information content (AvgIpc) is 3.04. The van der Waals surface area contributed by atoms with Crippen molar-refractivity contribution in [1.29, 1.82) is 0 Å². The van der Waals surface area contributed by atoms with Gasteiger partial charge in [0.25, 0.3) is 0 Å². The standard InChI is InChI=1S/2C19H27NO4/c2*1-5-23-17(21)15-11-12-20(18(22)24-19(2,3)4)13-16(15)14-9-7-6-8-10-14/h2*6-10,15-16H,5,11-13H2,1-4H3/t2*15-,16+/m10/s1. The Kier molecular flexibility index (Phi) is 13.9. The fraction of sp³-hybridized carbons (Fsp3) is 0.579. The summed E-state index contributed by atoms with van der Waals surface area (Å²) < 4.78 is 21.4. The maximum atomic E-state index is 12.4. The number of ether oxygens (including phenoxy) is 4. The predicted molar refractivity (Wildman–Crippen MR) is 183 cm³/mol. The van der Waals surface area contributed by atoms with Crippen LogP contribution in [0.15, 0.2) is 60.7 Å². The molecular weight excluding hydrogens is 612 g/mol. The monoisotopic (exact) mass is 666 g/mol. The lowest BCUT2D eigenvalue weighted by atomic mass is 9.81. The molecule has 2 amide bonds. The smallest absolute Gasteiger partial charge is 0.410 e. The van der Waals surface area contributed by atoms with E-state index >= 15 is 0 Å². The number of hydrogen-bond donors (Lipinski definition) is 0. The molecule has 0 aliphatic carbocycles. The minimum Gasteiger partial charge on any atom is -0.466 e. The molecule has 0 bridgehead atoms. The van der Waals surface area contributed by atoms with Gasteiger partial charge in [-0.2, -0.15) is 0 Å².